The van der Waals surface area contributed by atoms with Crippen LogP contribution in [0.5, 0.6) is 0 Å². The van der Waals surface area contributed by atoms with Gasteiger partial charge in [0.05, 0.1) is 5.56 Å². The van der Waals surface area contributed by atoms with Gasteiger partial charge in [-0.05, 0) is 0 Å². The van der Waals surface area contributed by atoms with Crippen LogP contribution in [0.3, 0.4) is 0 Å². The van der Waals surface area contributed by atoms with Crippen molar-refractivity contribution in [2.75, 3.05) is 0 Å². The highest BCUT2D eigenvalue weighted by Gasteiger charge is 2.10. The van der Waals surface area contributed by atoms with Crippen LogP contribution in [0.15, 0.2) is 18.5 Å². The summed E-state index contributed by atoms with van der Waals surface area (Å²) < 4.78 is 0. The molecule has 0 fully saturated rings. The van der Waals surface area contributed by atoms with E-state index in [-0.39, 0.29) is 0 Å². The molecule has 1 aromatic heterocycles. The summed E-state index contributed by atoms with van der Waals surface area (Å²) in [6.45, 7) is 4.71. The number of hydrogen-bond acceptors (Lipinski definition) is 2. The third-order valence-corrected chi connectivity index (χ3v) is 2.33. The van der Waals surface area contributed by atoms with Crippen molar-refractivity contribution in [1.29, 1.82) is 0 Å². The van der Waals surface area contributed by atoms with Crippen LogP contribution in [-0.2, 0) is 0 Å². The smallest absolute Gasteiger partial charge is 0.250 e. The third-order valence-electron chi connectivity index (χ3n) is 2.33. The number of aromatic nitrogens is 1. The second-order valence-corrected chi connectivity index (χ2v) is 3.56. The van der Waals surface area contributed by atoms with E-state index in [1.54, 1.807) is 6.20 Å². The van der Waals surface area contributed by atoms with Gasteiger partial charge >= 0.3 is 0 Å². The topological polar surface area (TPSA) is 56.0 Å². The molecule has 0 saturated heterocycles. The Kier molecular flexibility index (Phi) is 3.68. The summed E-state index contributed by atoms with van der Waals surface area (Å²) in [7, 11) is 0. The summed E-state index contributed by atoms with van der Waals surface area (Å²) in [5.41, 5.74) is 6.76. The van der Waals surface area contributed by atoms with E-state index in [0.717, 1.165) is 18.2 Å². The van der Waals surface area contributed by atoms with Crippen molar-refractivity contribution in [3.05, 3.63) is 24.0 Å². The van der Waals surface area contributed by atoms with Gasteiger partial charge in [0.1, 0.15) is 0 Å². The SMILES string of the molecule is CCCB(C)c1cncc(C(N)=O)c1. The monoisotopic (exact) mass is 190 g/mol. The summed E-state index contributed by atoms with van der Waals surface area (Å²) in [5, 5.41) is 0. The number of amides is 1. The molecule has 0 unspecified atom stereocenters. The lowest BCUT2D eigenvalue weighted by molar-refractivity contribution is 0.1000. The fourth-order valence-corrected chi connectivity index (χ4v) is 1.46. The standard InChI is InChI=1S/C10H15BN2O/c1-3-4-11(2)9-5-8(10(12)14)6-13-7-9/h5-7H,3-4H2,1-2H3,(H2,12,14). The van der Waals surface area contributed by atoms with Crippen LogP contribution in [0, 0.1) is 0 Å². The van der Waals surface area contributed by atoms with Crippen molar-refractivity contribution in [3.8, 4) is 0 Å². The van der Waals surface area contributed by atoms with Gasteiger partial charge in [0.25, 0.3) is 0 Å². The molecule has 1 heterocycles. The maximum absolute atomic E-state index is 10.9. The molecule has 0 aliphatic rings. The van der Waals surface area contributed by atoms with Crippen LogP contribution in [0.4, 0.5) is 0 Å². The van der Waals surface area contributed by atoms with Crippen molar-refractivity contribution >= 4 is 18.1 Å². The minimum Gasteiger partial charge on any atom is -0.366 e. The van der Waals surface area contributed by atoms with E-state index in [2.05, 4.69) is 18.7 Å². The molecule has 1 rings (SSSR count). The van der Waals surface area contributed by atoms with Crippen LogP contribution in [0.2, 0.25) is 13.1 Å². The number of nitrogens with zero attached hydrogens (tertiary/aromatic N) is 1. The van der Waals surface area contributed by atoms with Crippen molar-refractivity contribution in [2.24, 2.45) is 5.73 Å². The molecule has 3 nitrogen and oxygen atoms in total. The molecule has 74 valence electrons. The number of hydrogen-bond donors (Lipinski definition) is 1. The molecule has 0 aliphatic carbocycles. The minimum absolute atomic E-state index is 0.414. The lowest BCUT2D eigenvalue weighted by Crippen LogP contribution is -2.28. The van der Waals surface area contributed by atoms with E-state index in [4.69, 9.17) is 5.73 Å². The maximum atomic E-state index is 10.9. The van der Waals surface area contributed by atoms with Gasteiger partial charge < -0.3 is 5.73 Å². The summed E-state index contributed by atoms with van der Waals surface area (Å²) in [5.74, 6) is -0.414. The van der Waals surface area contributed by atoms with E-state index in [1.807, 2.05) is 6.07 Å². The quantitative estimate of drug-likeness (QED) is 0.717. The van der Waals surface area contributed by atoms with Gasteiger partial charge in [-0.1, -0.05) is 38.0 Å². The molecule has 0 bridgehead atoms. The van der Waals surface area contributed by atoms with Gasteiger partial charge in [-0.2, -0.15) is 0 Å². The van der Waals surface area contributed by atoms with Gasteiger partial charge in [0.2, 0.25) is 5.91 Å². The minimum atomic E-state index is -0.414. The molecule has 1 amide bonds. The first-order chi connectivity index (χ1) is 6.65. The number of rotatable bonds is 4. The molecule has 0 aliphatic heterocycles. The summed E-state index contributed by atoms with van der Waals surface area (Å²) in [4.78, 5) is 14.9. The average Bonchev–Trinajstić information content (AvgIpc) is 2.18. The second-order valence-electron chi connectivity index (χ2n) is 3.56. The van der Waals surface area contributed by atoms with Crippen molar-refractivity contribution in [3.63, 3.8) is 0 Å². The molecule has 4 heteroatoms. The Balaban J connectivity index is 2.87. The summed E-state index contributed by atoms with van der Waals surface area (Å²) in [6.07, 6.45) is 5.53. The van der Waals surface area contributed by atoms with Gasteiger partial charge in [-0.25, -0.2) is 0 Å². The molecule has 0 saturated carbocycles. The van der Waals surface area contributed by atoms with Gasteiger partial charge in [-0.15, -0.1) is 0 Å². The Bertz CT molecular complexity index is 328. The average molecular weight is 190 g/mol. The summed E-state index contributed by atoms with van der Waals surface area (Å²) >= 11 is 0. The number of primary amides is 1. The third kappa shape index (κ3) is 2.59. The Morgan fingerprint density at radius 1 is 1.57 bits per heavy atom. The molecule has 0 atom stereocenters. The van der Waals surface area contributed by atoms with Crippen LogP contribution < -0.4 is 11.2 Å². The Morgan fingerprint density at radius 2 is 2.29 bits per heavy atom. The van der Waals surface area contributed by atoms with Crippen molar-refractivity contribution in [1.82, 2.24) is 4.98 Å². The molecule has 2 N–H and O–H groups in total. The predicted molar refractivity (Wildman–Crippen MR) is 59.1 cm³/mol. The van der Waals surface area contributed by atoms with E-state index in [1.165, 1.54) is 6.20 Å². The number of carbonyl (C=O) groups excluding carboxylic acids is 1. The zero-order valence-electron chi connectivity index (χ0n) is 8.66. The van der Waals surface area contributed by atoms with Crippen LogP contribution in [-0.4, -0.2) is 17.6 Å². The van der Waals surface area contributed by atoms with Crippen LogP contribution >= 0.6 is 0 Å². The molecule has 0 spiro atoms. The van der Waals surface area contributed by atoms with Crippen LogP contribution in [0.25, 0.3) is 0 Å². The van der Waals surface area contributed by atoms with Crippen molar-refractivity contribution < 1.29 is 4.79 Å². The largest absolute Gasteiger partial charge is 0.366 e. The Labute approximate surface area is 84.8 Å². The van der Waals surface area contributed by atoms with Crippen LogP contribution in [0.1, 0.15) is 23.7 Å². The number of nitrogens with two attached hydrogens (primary N) is 1. The van der Waals surface area contributed by atoms with E-state index < -0.39 is 5.91 Å². The summed E-state index contributed by atoms with van der Waals surface area (Å²) in [6, 6.07) is 1.83. The van der Waals surface area contributed by atoms with E-state index in [9.17, 15) is 4.79 Å². The van der Waals surface area contributed by atoms with Gasteiger partial charge in [-0.3, -0.25) is 9.78 Å². The lowest BCUT2D eigenvalue weighted by atomic mass is 9.44. The van der Waals surface area contributed by atoms with E-state index in [0.29, 0.717) is 12.3 Å². The fraction of sp³-hybridized carbons (Fsp3) is 0.400. The second kappa shape index (κ2) is 4.79. The number of pyridine rings is 1. The Morgan fingerprint density at radius 3 is 2.86 bits per heavy atom. The highest BCUT2D eigenvalue weighted by molar-refractivity contribution is 6.72. The van der Waals surface area contributed by atoms with Gasteiger partial charge in [0, 0.05) is 12.4 Å². The lowest BCUT2D eigenvalue weighted by Gasteiger charge is -2.06. The zero-order valence-corrected chi connectivity index (χ0v) is 8.66. The van der Waals surface area contributed by atoms with Crippen molar-refractivity contribution in [2.45, 2.75) is 26.5 Å². The highest BCUT2D eigenvalue weighted by atomic mass is 16.1. The molecule has 0 aromatic carbocycles. The Hall–Kier alpha value is -1.32. The molecule has 0 radical (unpaired) electrons. The molecule has 1 aromatic rings. The molecule has 14 heavy (non-hydrogen) atoms. The first-order valence-corrected chi connectivity index (χ1v) is 4.90. The zero-order chi connectivity index (χ0) is 10.6. The van der Waals surface area contributed by atoms with E-state index >= 15 is 0 Å². The number of carbonyl (C=O) groups is 1. The first-order valence-electron chi connectivity index (χ1n) is 4.90. The predicted octanol–water partition coefficient (Wildman–Crippen LogP) is 0.922. The first kappa shape index (κ1) is 10.8. The fourth-order valence-electron chi connectivity index (χ4n) is 1.46. The normalized spacial score (nSPS) is 9.86. The molecular formula is C10H15BN2O. The maximum Gasteiger partial charge on any atom is 0.250 e. The highest BCUT2D eigenvalue weighted by Crippen LogP contribution is 1.99. The molecular weight excluding hydrogens is 175 g/mol. The van der Waals surface area contributed by atoms with Gasteiger partial charge in [0.15, 0.2) is 6.71 Å².